The number of nitrogens with two attached hydrogens (primary N) is 1. The third-order valence-corrected chi connectivity index (χ3v) is 11.7. The van der Waals surface area contributed by atoms with Gasteiger partial charge in [0.2, 0.25) is 41.4 Å². The van der Waals surface area contributed by atoms with Gasteiger partial charge < -0.3 is 63.6 Å². The van der Waals surface area contributed by atoms with Gasteiger partial charge in [0, 0.05) is 25.4 Å². The van der Waals surface area contributed by atoms with Crippen molar-refractivity contribution < 1.29 is 48.9 Å². The highest BCUT2D eigenvalue weighted by molar-refractivity contribution is 5.97. The molecule has 0 aliphatic heterocycles. The second-order valence-electron chi connectivity index (χ2n) is 18.4. The number of rotatable bonds is 37. The smallest absolute Gasteiger partial charge is 0.245 e. The first-order chi connectivity index (χ1) is 32.8. The summed E-state index contributed by atoms with van der Waals surface area (Å²) >= 11 is 0. The third kappa shape index (κ3) is 26.9. The molecule has 0 aliphatic carbocycles. The zero-order valence-electron chi connectivity index (χ0n) is 42.0. The number of amides is 7. The highest BCUT2D eigenvalue weighted by atomic mass is 16.3. The van der Waals surface area contributed by atoms with Crippen LogP contribution in [0.3, 0.4) is 0 Å². The van der Waals surface area contributed by atoms with Crippen molar-refractivity contribution in [3.8, 4) is 0 Å². The third-order valence-electron chi connectivity index (χ3n) is 11.7. The molecule has 69 heavy (non-hydrogen) atoms. The maximum Gasteiger partial charge on any atom is 0.245 e. The first kappa shape index (κ1) is 61.7. The van der Waals surface area contributed by atoms with E-state index in [1.807, 2.05) is 0 Å². The SMILES string of the molecule is CCCCCCCCCCCCCCCC(=O)N[C@H](C(=O)N[C@H](C(=O)N[C@@H](Cc1ccccc1)C(=O)N[C@@H](C)C(=O)N[C@@H](CO)C(=O)N[C@@H](CO)C(=O)N[C@H](C)CCCNC(=N)N)C(C)C)[C@@H](C)O. The Morgan fingerprint density at radius 1 is 0.565 bits per heavy atom. The van der Waals surface area contributed by atoms with E-state index in [0.717, 1.165) is 19.3 Å². The van der Waals surface area contributed by atoms with Crippen molar-refractivity contribution in [3.05, 3.63) is 35.9 Å². The lowest BCUT2D eigenvalue weighted by atomic mass is 10.00. The summed E-state index contributed by atoms with van der Waals surface area (Å²) in [5, 5.41) is 58.0. The van der Waals surface area contributed by atoms with Crippen LogP contribution in [0.15, 0.2) is 30.3 Å². The van der Waals surface area contributed by atoms with Crippen LogP contribution < -0.4 is 48.3 Å². The van der Waals surface area contributed by atoms with Crippen LogP contribution in [0.2, 0.25) is 0 Å². The first-order valence-electron chi connectivity index (χ1n) is 25.0. The normalized spacial score (nSPS) is 14.6. The van der Waals surface area contributed by atoms with E-state index in [0.29, 0.717) is 31.4 Å². The van der Waals surface area contributed by atoms with E-state index in [-0.39, 0.29) is 24.8 Å². The lowest BCUT2D eigenvalue weighted by Gasteiger charge is -2.28. The number of unbranched alkanes of at least 4 members (excludes halogenated alkanes) is 12. The molecule has 0 bridgehead atoms. The Balaban J connectivity index is 2.89. The largest absolute Gasteiger partial charge is 0.394 e. The molecule has 0 aliphatic rings. The molecule has 7 amide bonds. The van der Waals surface area contributed by atoms with Crippen LogP contribution in [-0.4, -0.2) is 131 Å². The van der Waals surface area contributed by atoms with E-state index in [9.17, 15) is 48.9 Å². The van der Waals surface area contributed by atoms with Crippen molar-refractivity contribution in [1.29, 1.82) is 5.41 Å². The Morgan fingerprint density at radius 2 is 1.04 bits per heavy atom. The summed E-state index contributed by atoms with van der Waals surface area (Å²) in [7, 11) is 0. The summed E-state index contributed by atoms with van der Waals surface area (Å²) in [5.74, 6) is -6.01. The molecular formula is C49H86N10O10. The molecule has 0 heterocycles. The Bertz CT molecular complexity index is 1700. The van der Waals surface area contributed by atoms with Gasteiger partial charge in [-0.3, -0.25) is 39.0 Å². The number of guanidine groups is 1. The van der Waals surface area contributed by atoms with Crippen molar-refractivity contribution in [1.82, 2.24) is 42.5 Å². The van der Waals surface area contributed by atoms with Crippen LogP contribution in [0.5, 0.6) is 0 Å². The number of carbonyl (C=O) groups excluding carboxylic acids is 7. The van der Waals surface area contributed by atoms with Crippen molar-refractivity contribution in [2.45, 2.75) is 199 Å². The van der Waals surface area contributed by atoms with Crippen LogP contribution in [0.1, 0.15) is 150 Å². The number of nitrogens with one attached hydrogen (secondary N) is 9. The van der Waals surface area contributed by atoms with Gasteiger partial charge in [-0.25, -0.2) is 0 Å². The van der Waals surface area contributed by atoms with Gasteiger partial charge >= 0.3 is 0 Å². The van der Waals surface area contributed by atoms with Crippen molar-refractivity contribution in [2.24, 2.45) is 11.7 Å². The van der Waals surface area contributed by atoms with Gasteiger partial charge in [-0.1, -0.05) is 128 Å². The summed E-state index contributed by atoms with van der Waals surface area (Å²) in [6.07, 6.45) is 14.9. The zero-order valence-corrected chi connectivity index (χ0v) is 42.0. The van der Waals surface area contributed by atoms with Crippen molar-refractivity contribution in [3.63, 3.8) is 0 Å². The molecule has 0 unspecified atom stereocenters. The maximum atomic E-state index is 13.9. The number of aliphatic hydroxyl groups is 3. The molecule has 0 radical (unpaired) electrons. The monoisotopic (exact) mass is 975 g/mol. The van der Waals surface area contributed by atoms with E-state index in [1.165, 1.54) is 71.6 Å². The number of benzene rings is 1. The minimum absolute atomic E-state index is 0.0305. The number of hydrogen-bond acceptors (Lipinski definition) is 11. The summed E-state index contributed by atoms with van der Waals surface area (Å²) in [4.78, 5) is 93.3. The van der Waals surface area contributed by atoms with Gasteiger partial charge in [-0.05, 0) is 51.5 Å². The molecule has 1 aromatic carbocycles. The predicted octanol–water partition coefficient (Wildman–Crippen LogP) is 1.43. The molecule has 0 saturated carbocycles. The average Bonchev–Trinajstić information content (AvgIpc) is 3.30. The lowest BCUT2D eigenvalue weighted by Crippen LogP contribution is -2.61. The minimum atomic E-state index is -1.58. The topological polar surface area (TPSA) is 326 Å². The Hall–Kier alpha value is -5.34. The molecule has 0 spiro atoms. The number of hydrogen-bond donors (Lipinski definition) is 13. The Labute approximate surface area is 409 Å². The van der Waals surface area contributed by atoms with E-state index in [2.05, 4.69) is 49.5 Å². The summed E-state index contributed by atoms with van der Waals surface area (Å²) in [5.41, 5.74) is 5.92. The van der Waals surface area contributed by atoms with E-state index in [4.69, 9.17) is 11.1 Å². The Kier molecular flexibility index (Phi) is 31.9. The number of aliphatic hydroxyl groups excluding tert-OH is 3. The van der Waals surface area contributed by atoms with Gasteiger partial charge in [-0.15, -0.1) is 0 Å². The molecule has 0 fully saturated rings. The first-order valence-corrected chi connectivity index (χ1v) is 25.0. The Morgan fingerprint density at radius 3 is 1.55 bits per heavy atom. The van der Waals surface area contributed by atoms with Gasteiger partial charge in [-0.2, -0.15) is 0 Å². The maximum absolute atomic E-state index is 13.9. The quantitative estimate of drug-likeness (QED) is 0.0256. The average molecular weight is 975 g/mol. The second kappa shape index (κ2) is 35.7. The van der Waals surface area contributed by atoms with E-state index >= 15 is 0 Å². The molecule has 1 aromatic rings. The standard InChI is InChI=1S/C49H86N10O10/c1-7-8-9-10-11-12-13-14-15-16-17-18-22-27-40(63)58-42(35(6)62)48(69)59-41(32(2)3)47(68)55-37(29-36-25-20-19-21-26-36)44(65)54-34(5)43(64)56-39(31-61)46(67)57-38(30-60)45(66)53-33(4)24-23-28-52-49(50)51/h19-21,25-26,32-35,37-39,41-42,60-62H,7-18,22-24,27-31H2,1-6H3,(H,53,66)(H,54,65)(H,55,68)(H,56,64)(H,57,67)(H,58,63)(H,59,69)(H4,50,51,52)/t33-,34+,35-,37+,38+,39+,41+,42+/m1/s1. The highest BCUT2D eigenvalue weighted by Crippen LogP contribution is 2.14. The molecular weight excluding hydrogens is 889 g/mol. The molecule has 20 heteroatoms. The van der Waals surface area contributed by atoms with Crippen LogP contribution in [-0.2, 0) is 40.0 Å². The molecule has 0 saturated heterocycles. The summed E-state index contributed by atoms with van der Waals surface area (Å²) in [6.45, 7) is 8.68. The molecule has 8 atom stereocenters. The van der Waals surface area contributed by atoms with Crippen molar-refractivity contribution in [2.75, 3.05) is 19.8 Å². The van der Waals surface area contributed by atoms with Crippen LogP contribution in [0.25, 0.3) is 0 Å². The molecule has 0 aromatic heterocycles. The van der Waals surface area contributed by atoms with Gasteiger partial charge in [0.15, 0.2) is 5.96 Å². The predicted molar refractivity (Wildman–Crippen MR) is 265 cm³/mol. The lowest BCUT2D eigenvalue weighted by molar-refractivity contribution is -0.136. The fourth-order valence-corrected chi connectivity index (χ4v) is 7.44. The van der Waals surface area contributed by atoms with E-state index < -0.39 is 103 Å². The number of carbonyl (C=O) groups is 7. The minimum Gasteiger partial charge on any atom is -0.394 e. The van der Waals surface area contributed by atoms with Crippen LogP contribution in [0.4, 0.5) is 0 Å². The molecule has 20 nitrogen and oxygen atoms in total. The molecule has 392 valence electrons. The summed E-state index contributed by atoms with van der Waals surface area (Å²) in [6, 6.07) is 0.177. The van der Waals surface area contributed by atoms with Crippen molar-refractivity contribution >= 4 is 47.3 Å². The van der Waals surface area contributed by atoms with Gasteiger partial charge in [0.25, 0.3) is 0 Å². The van der Waals surface area contributed by atoms with Gasteiger partial charge in [0.05, 0.1) is 19.3 Å². The molecule has 14 N–H and O–H groups in total. The second-order valence-corrected chi connectivity index (χ2v) is 18.4. The van der Waals surface area contributed by atoms with E-state index in [1.54, 1.807) is 51.1 Å². The zero-order chi connectivity index (χ0) is 51.7. The van der Waals surface area contributed by atoms with Crippen LogP contribution in [0, 0.1) is 11.3 Å². The molecule has 1 rings (SSSR count). The highest BCUT2D eigenvalue weighted by Gasteiger charge is 2.34. The fourth-order valence-electron chi connectivity index (χ4n) is 7.44. The summed E-state index contributed by atoms with van der Waals surface area (Å²) < 4.78 is 0. The van der Waals surface area contributed by atoms with Crippen LogP contribution >= 0.6 is 0 Å². The van der Waals surface area contributed by atoms with Gasteiger partial charge in [0.1, 0.15) is 36.3 Å². The fraction of sp³-hybridized carbons (Fsp3) is 0.714.